The second-order valence-electron chi connectivity index (χ2n) is 7.20. The Morgan fingerprint density at radius 3 is 2.11 bits per heavy atom. The molecule has 2 unspecified atom stereocenters. The molecule has 0 saturated carbocycles. The molecule has 0 aromatic carbocycles. The van der Waals surface area contributed by atoms with Crippen LogP contribution in [0, 0.1) is 0 Å². The van der Waals surface area contributed by atoms with E-state index in [1.807, 2.05) is 0 Å². The van der Waals surface area contributed by atoms with Crippen LogP contribution in [0.4, 0.5) is 4.79 Å². The number of esters is 3. The molecule has 0 bridgehead atoms. The fourth-order valence-electron chi connectivity index (χ4n) is 1.96. The van der Waals surface area contributed by atoms with E-state index in [-0.39, 0.29) is 13.2 Å². The minimum Gasteiger partial charge on any atom is -0.462 e. The average molecular weight is 404 g/mol. The smallest absolute Gasteiger partial charge is 0.407 e. The lowest BCUT2D eigenvalue weighted by molar-refractivity contribution is -0.165. The van der Waals surface area contributed by atoms with Crippen molar-refractivity contribution in [2.45, 2.75) is 71.6 Å². The zero-order valence-electron chi connectivity index (χ0n) is 17.2. The SMILES string of the molecule is CC(=O)OCC(COC(=O)C(N)CCCCNC(=O)OC(C)(C)C)OC(C)=O. The van der Waals surface area contributed by atoms with Crippen LogP contribution in [0.25, 0.3) is 0 Å². The van der Waals surface area contributed by atoms with Crippen LogP contribution in [-0.2, 0) is 33.3 Å². The number of hydrogen-bond acceptors (Lipinski definition) is 9. The third-order valence-electron chi connectivity index (χ3n) is 3.13. The van der Waals surface area contributed by atoms with E-state index >= 15 is 0 Å². The molecule has 10 heteroatoms. The summed E-state index contributed by atoms with van der Waals surface area (Å²) in [5.74, 6) is -1.78. The van der Waals surface area contributed by atoms with Gasteiger partial charge >= 0.3 is 24.0 Å². The Morgan fingerprint density at radius 1 is 0.964 bits per heavy atom. The summed E-state index contributed by atoms with van der Waals surface area (Å²) < 4.78 is 19.8. The van der Waals surface area contributed by atoms with Gasteiger partial charge in [-0.3, -0.25) is 14.4 Å². The molecule has 162 valence electrons. The van der Waals surface area contributed by atoms with Crippen molar-refractivity contribution in [2.24, 2.45) is 5.73 Å². The Labute approximate surface area is 165 Å². The highest BCUT2D eigenvalue weighted by molar-refractivity contribution is 5.75. The van der Waals surface area contributed by atoms with Gasteiger partial charge in [0.25, 0.3) is 0 Å². The van der Waals surface area contributed by atoms with Crippen molar-refractivity contribution < 1.29 is 38.1 Å². The second kappa shape index (κ2) is 12.9. The molecule has 1 amide bonds. The first-order valence-corrected chi connectivity index (χ1v) is 9.10. The molecule has 28 heavy (non-hydrogen) atoms. The van der Waals surface area contributed by atoms with Gasteiger partial charge in [0, 0.05) is 20.4 Å². The van der Waals surface area contributed by atoms with E-state index in [4.69, 9.17) is 24.7 Å². The molecule has 10 nitrogen and oxygen atoms in total. The van der Waals surface area contributed by atoms with Crippen molar-refractivity contribution >= 4 is 24.0 Å². The summed E-state index contributed by atoms with van der Waals surface area (Å²) in [6.07, 6.45) is 0.170. The van der Waals surface area contributed by atoms with Crippen LogP contribution in [0.1, 0.15) is 53.9 Å². The quantitative estimate of drug-likeness (QED) is 0.293. The molecule has 0 aliphatic heterocycles. The molecule has 0 heterocycles. The van der Waals surface area contributed by atoms with Gasteiger partial charge in [-0.05, 0) is 40.0 Å². The number of alkyl carbamates (subject to hydrolysis) is 1. The molecule has 0 aromatic rings. The van der Waals surface area contributed by atoms with Crippen molar-refractivity contribution in [3.63, 3.8) is 0 Å². The summed E-state index contributed by atoms with van der Waals surface area (Å²) in [6.45, 7) is 7.64. The largest absolute Gasteiger partial charge is 0.462 e. The molecule has 3 N–H and O–H groups in total. The number of amides is 1. The van der Waals surface area contributed by atoms with Gasteiger partial charge in [0.15, 0.2) is 6.10 Å². The number of hydrogen-bond donors (Lipinski definition) is 2. The number of carbonyl (C=O) groups is 4. The van der Waals surface area contributed by atoms with Crippen LogP contribution in [0.5, 0.6) is 0 Å². The Morgan fingerprint density at radius 2 is 1.57 bits per heavy atom. The van der Waals surface area contributed by atoms with Gasteiger partial charge in [0.2, 0.25) is 0 Å². The van der Waals surface area contributed by atoms with Gasteiger partial charge in [0.1, 0.15) is 24.9 Å². The van der Waals surface area contributed by atoms with Crippen molar-refractivity contribution in [1.82, 2.24) is 5.32 Å². The molecule has 0 spiro atoms. The van der Waals surface area contributed by atoms with E-state index < -0.39 is 41.7 Å². The van der Waals surface area contributed by atoms with Crippen molar-refractivity contribution in [3.05, 3.63) is 0 Å². The van der Waals surface area contributed by atoms with E-state index in [9.17, 15) is 19.2 Å². The van der Waals surface area contributed by atoms with Crippen LogP contribution in [0.2, 0.25) is 0 Å². The summed E-state index contributed by atoms with van der Waals surface area (Å²) >= 11 is 0. The first-order valence-electron chi connectivity index (χ1n) is 9.10. The summed E-state index contributed by atoms with van der Waals surface area (Å²) in [6, 6.07) is -0.853. The van der Waals surface area contributed by atoms with Crippen molar-refractivity contribution in [3.8, 4) is 0 Å². The molecule has 0 aromatic heterocycles. The van der Waals surface area contributed by atoms with Crippen molar-refractivity contribution in [2.75, 3.05) is 19.8 Å². The molecule has 0 saturated heterocycles. The zero-order valence-corrected chi connectivity index (χ0v) is 17.2. The van der Waals surface area contributed by atoms with E-state index in [0.717, 1.165) is 0 Å². The minimum atomic E-state index is -0.893. The minimum absolute atomic E-state index is 0.215. The Bertz CT molecular complexity index is 530. The lowest BCUT2D eigenvalue weighted by Gasteiger charge is -2.19. The maximum Gasteiger partial charge on any atom is 0.407 e. The van der Waals surface area contributed by atoms with E-state index in [1.54, 1.807) is 20.8 Å². The van der Waals surface area contributed by atoms with Crippen LogP contribution in [-0.4, -0.2) is 61.5 Å². The predicted molar refractivity (Wildman–Crippen MR) is 99.2 cm³/mol. The number of nitrogens with one attached hydrogen (secondary N) is 1. The fraction of sp³-hybridized carbons (Fsp3) is 0.778. The number of ether oxygens (including phenoxy) is 4. The van der Waals surface area contributed by atoms with E-state index in [0.29, 0.717) is 25.8 Å². The molecular formula is C18H32N2O8. The highest BCUT2D eigenvalue weighted by Gasteiger charge is 2.20. The maximum atomic E-state index is 11.9. The van der Waals surface area contributed by atoms with Gasteiger partial charge in [-0.15, -0.1) is 0 Å². The van der Waals surface area contributed by atoms with Gasteiger partial charge in [-0.25, -0.2) is 4.79 Å². The van der Waals surface area contributed by atoms with Gasteiger partial charge in [-0.1, -0.05) is 0 Å². The topological polar surface area (TPSA) is 143 Å². The molecule has 0 fully saturated rings. The maximum absolute atomic E-state index is 11.9. The van der Waals surface area contributed by atoms with E-state index in [2.05, 4.69) is 5.32 Å². The predicted octanol–water partition coefficient (Wildman–Crippen LogP) is 1.05. The first-order chi connectivity index (χ1) is 12.9. The molecule has 0 radical (unpaired) electrons. The van der Waals surface area contributed by atoms with Crippen molar-refractivity contribution in [1.29, 1.82) is 0 Å². The highest BCUT2D eigenvalue weighted by atomic mass is 16.6. The molecule has 0 rings (SSSR count). The third kappa shape index (κ3) is 14.8. The normalized spacial score (nSPS) is 13.1. The van der Waals surface area contributed by atoms with Gasteiger partial charge in [0.05, 0.1) is 0 Å². The number of unbranched alkanes of at least 4 members (excludes halogenated alkanes) is 1. The lowest BCUT2D eigenvalue weighted by Crippen LogP contribution is -2.36. The third-order valence-corrected chi connectivity index (χ3v) is 3.13. The number of rotatable bonds is 11. The summed E-state index contributed by atoms with van der Waals surface area (Å²) in [5, 5.41) is 2.62. The Hall–Kier alpha value is -2.36. The number of nitrogens with two attached hydrogens (primary N) is 1. The molecule has 0 aliphatic carbocycles. The van der Waals surface area contributed by atoms with E-state index in [1.165, 1.54) is 13.8 Å². The summed E-state index contributed by atoms with van der Waals surface area (Å²) in [5.41, 5.74) is 5.21. The van der Waals surface area contributed by atoms with Crippen LogP contribution in [0.3, 0.4) is 0 Å². The van der Waals surface area contributed by atoms with Crippen LogP contribution in [0.15, 0.2) is 0 Å². The average Bonchev–Trinajstić information content (AvgIpc) is 2.54. The zero-order chi connectivity index (χ0) is 21.7. The first kappa shape index (κ1) is 25.6. The summed E-state index contributed by atoms with van der Waals surface area (Å²) in [4.78, 5) is 45.3. The Balaban J connectivity index is 4.08. The number of carbonyl (C=O) groups excluding carboxylic acids is 4. The highest BCUT2D eigenvalue weighted by Crippen LogP contribution is 2.07. The standard InChI is InChI=1S/C18H32N2O8/c1-12(21)25-10-14(27-13(2)22)11-26-16(23)15(19)8-6-7-9-20-17(24)28-18(3,4)5/h14-15H,6-11,19H2,1-5H3,(H,20,24). The summed E-state index contributed by atoms with van der Waals surface area (Å²) in [7, 11) is 0. The molecule has 2 atom stereocenters. The lowest BCUT2D eigenvalue weighted by atomic mass is 10.1. The monoisotopic (exact) mass is 404 g/mol. The molecule has 0 aliphatic rings. The fourth-order valence-corrected chi connectivity index (χ4v) is 1.96. The second-order valence-corrected chi connectivity index (χ2v) is 7.20. The Kier molecular flexibility index (Phi) is 11.8. The van der Waals surface area contributed by atoms with Gasteiger partial charge in [-0.2, -0.15) is 0 Å². The van der Waals surface area contributed by atoms with Crippen LogP contribution < -0.4 is 11.1 Å². The van der Waals surface area contributed by atoms with Crippen LogP contribution >= 0.6 is 0 Å². The molecular weight excluding hydrogens is 372 g/mol. The van der Waals surface area contributed by atoms with Gasteiger partial charge < -0.3 is 30.0 Å².